The van der Waals surface area contributed by atoms with E-state index < -0.39 is 0 Å². The van der Waals surface area contributed by atoms with Crippen molar-refractivity contribution < 1.29 is 4.79 Å². The molecule has 0 radical (unpaired) electrons. The second kappa shape index (κ2) is 8.22. The molecule has 0 spiro atoms. The molecule has 1 amide bonds. The molecule has 0 saturated carbocycles. The van der Waals surface area contributed by atoms with Crippen LogP contribution in [0.5, 0.6) is 0 Å². The molecular formula is C18H22N2O. The van der Waals surface area contributed by atoms with Gasteiger partial charge in [0.05, 0.1) is 0 Å². The van der Waals surface area contributed by atoms with Gasteiger partial charge in [0.15, 0.2) is 0 Å². The number of hydrogen-bond donors (Lipinski definition) is 2. The Hall–Kier alpha value is -2.13. The minimum Gasteiger partial charge on any atom is -0.370 e. The first kappa shape index (κ1) is 15.3. The van der Waals surface area contributed by atoms with E-state index in [1.165, 1.54) is 16.7 Å². The summed E-state index contributed by atoms with van der Waals surface area (Å²) < 4.78 is 0. The molecule has 0 fully saturated rings. The maximum atomic E-state index is 10.6. The zero-order valence-electron chi connectivity index (χ0n) is 12.2. The highest BCUT2D eigenvalue weighted by Gasteiger charge is 1.98. The van der Waals surface area contributed by atoms with Gasteiger partial charge >= 0.3 is 0 Å². The molecule has 0 aliphatic heterocycles. The lowest BCUT2D eigenvalue weighted by Crippen LogP contribution is -2.16. The van der Waals surface area contributed by atoms with Crippen LogP contribution in [0.4, 0.5) is 0 Å². The van der Waals surface area contributed by atoms with E-state index in [1.807, 2.05) is 6.07 Å². The number of rotatable bonds is 8. The molecule has 0 atom stereocenters. The Bertz CT molecular complexity index is 549. The van der Waals surface area contributed by atoms with Gasteiger partial charge < -0.3 is 11.1 Å². The fourth-order valence-electron chi connectivity index (χ4n) is 2.23. The van der Waals surface area contributed by atoms with Gasteiger partial charge in [0.1, 0.15) is 0 Å². The number of nitrogens with one attached hydrogen (secondary N) is 1. The fraction of sp³-hybridized carbons (Fsp3) is 0.278. The molecule has 0 bridgehead atoms. The second-order valence-corrected chi connectivity index (χ2v) is 5.16. The standard InChI is InChI=1S/C18H22N2O/c19-18(21)8-4-5-13-20-14-15-9-11-17(12-10-15)16-6-2-1-3-7-16/h1-3,6-7,9-12,20H,4-5,8,13-14H2,(H2,19,21). The molecule has 3 nitrogen and oxygen atoms in total. The zero-order chi connectivity index (χ0) is 14.9. The third-order valence-electron chi connectivity index (χ3n) is 3.42. The van der Waals surface area contributed by atoms with E-state index in [0.717, 1.165) is 25.9 Å². The van der Waals surface area contributed by atoms with Gasteiger partial charge in [-0.25, -0.2) is 0 Å². The van der Waals surface area contributed by atoms with E-state index in [-0.39, 0.29) is 5.91 Å². The van der Waals surface area contributed by atoms with Crippen LogP contribution in [0.15, 0.2) is 54.6 Å². The van der Waals surface area contributed by atoms with E-state index >= 15 is 0 Å². The van der Waals surface area contributed by atoms with E-state index in [1.54, 1.807) is 0 Å². The molecule has 0 aliphatic rings. The number of amides is 1. The lowest BCUT2D eigenvalue weighted by Gasteiger charge is -2.06. The minimum atomic E-state index is -0.216. The summed E-state index contributed by atoms with van der Waals surface area (Å²) in [6, 6.07) is 19.0. The van der Waals surface area contributed by atoms with Crippen molar-refractivity contribution in [2.24, 2.45) is 5.73 Å². The average Bonchev–Trinajstić information content (AvgIpc) is 2.52. The van der Waals surface area contributed by atoms with Crippen LogP contribution in [0.2, 0.25) is 0 Å². The zero-order valence-corrected chi connectivity index (χ0v) is 12.2. The summed E-state index contributed by atoms with van der Waals surface area (Å²) in [5.41, 5.74) is 8.85. The molecule has 2 rings (SSSR count). The van der Waals surface area contributed by atoms with Crippen LogP contribution in [0.1, 0.15) is 24.8 Å². The monoisotopic (exact) mass is 282 g/mol. The molecule has 0 saturated heterocycles. The molecule has 0 unspecified atom stereocenters. The largest absolute Gasteiger partial charge is 0.370 e. The Kier molecular flexibility index (Phi) is 5.98. The van der Waals surface area contributed by atoms with Gasteiger partial charge in [-0.1, -0.05) is 54.6 Å². The van der Waals surface area contributed by atoms with Crippen LogP contribution >= 0.6 is 0 Å². The Morgan fingerprint density at radius 3 is 2.24 bits per heavy atom. The first-order chi connectivity index (χ1) is 10.3. The van der Waals surface area contributed by atoms with Gasteiger partial charge in [-0.3, -0.25) is 4.79 Å². The lowest BCUT2D eigenvalue weighted by molar-refractivity contribution is -0.118. The van der Waals surface area contributed by atoms with Gasteiger partial charge in [0, 0.05) is 13.0 Å². The van der Waals surface area contributed by atoms with Gasteiger partial charge in [0.2, 0.25) is 5.91 Å². The van der Waals surface area contributed by atoms with Crippen molar-refractivity contribution in [3.05, 3.63) is 60.2 Å². The van der Waals surface area contributed by atoms with E-state index in [9.17, 15) is 4.79 Å². The first-order valence-corrected chi connectivity index (χ1v) is 7.39. The Balaban J connectivity index is 1.74. The Labute approximate surface area is 126 Å². The number of carbonyl (C=O) groups excluding carboxylic acids is 1. The topological polar surface area (TPSA) is 55.1 Å². The lowest BCUT2D eigenvalue weighted by atomic mass is 10.0. The van der Waals surface area contributed by atoms with Crippen molar-refractivity contribution >= 4 is 5.91 Å². The van der Waals surface area contributed by atoms with Crippen molar-refractivity contribution in [2.45, 2.75) is 25.8 Å². The Morgan fingerprint density at radius 1 is 0.905 bits per heavy atom. The molecule has 0 aromatic heterocycles. The van der Waals surface area contributed by atoms with Crippen LogP contribution in [0.3, 0.4) is 0 Å². The Morgan fingerprint density at radius 2 is 1.57 bits per heavy atom. The quantitative estimate of drug-likeness (QED) is 0.731. The summed E-state index contributed by atoms with van der Waals surface area (Å²) in [4.78, 5) is 10.6. The van der Waals surface area contributed by atoms with Crippen LogP contribution in [0, 0.1) is 0 Å². The molecule has 2 aromatic carbocycles. The molecule has 0 aliphatic carbocycles. The summed E-state index contributed by atoms with van der Waals surface area (Å²) in [5, 5.41) is 3.38. The van der Waals surface area contributed by atoms with Crippen molar-refractivity contribution in [1.29, 1.82) is 0 Å². The van der Waals surface area contributed by atoms with Crippen molar-refractivity contribution in [3.8, 4) is 11.1 Å². The highest BCUT2D eigenvalue weighted by molar-refractivity contribution is 5.73. The van der Waals surface area contributed by atoms with Crippen LogP contribution in [-0.2, 0) is 11.3 Å². The highest BCUT2D eigenvalue weighted by atomic mass is 16.1. The third-order valence-corrected chi connectivity index (χ3v) is 3.42. The van der Waals surface area contributed by atoms with Gasteiger partial charge in [-0.15, -0.1) is 0 Å². The maximum Gasteiger partial charge on any atom is 0.217 e. The maximum absolute atomic E-state index is 10.6. The van der Waals surface area contributed by atoms with E-state index in [4.69, 9.17) is 5.73 Å². The number of benzene rings is 2. The molecule has 2 aromatic rings. The number of primary amides is 1. The van der Waals surface area contributed by atoms with Crippen molar-refractivity contribution in [1.82, 2.24) is 5.32 Å². The van der Waals surface area contributed by atoms with Gasteiger partial charge in [-0.05, 0) is 36.1 Å². The fourth-order valence-corrected chi connectivity index (χ4v) is 2.23. The van der Waals surface area contributed by atoms with Crippen LogP contribution in [0.25, 0.3) is 11.1 Å². The van der Waals surface area contributed by atoms with Crippen molar-refractivity contribution in [3.63, 3.8) is 0 Å². The highest BCUT2D eigenvalue weighted by Crippen LogP contribution is 2.19. The summed E-state index contributed by atoms with van der Waals surface area (Å²) in [7, 11) is 0. The second-order valence-electron chi connectivity index (χ2n) is 5.16. The summed E-state index contributed by atoms with van der Waals surface area (Å²) in [6.45, 7) is 1.76. The smallest absolute Gasteiger partial charge is 0.217 e. The SMILES string of the molecule is NC(=O)CCCCNCc1ccc(-c2ccccc2)cc1. The average molecular weight is 282 g/mol. The van der Waals surface area contributed by atoms with E-state index in [2.05, 4.69) is 53.8 Å². The summed E-state index contributed by atoms with van der Waals surface area (Å²) in [5.74, 6) is -0.216. The van der Waals surface area contributed by atoms with Crippen LogP contribution in [-0.4, -0.2) is 12.5 Å². The number of unbranched alkanes of at least 4 members (excludes halogenated alkanes) is 1. The third kappa shape index (κ3) is 5.40. The predicted octanol–water partition coefficient (Wildman–Crippen LogP) is 3.10. The molecule has 3 N–H and O–H groups in total. The number of hydrogen-bond acceptors (Lipinski definition) is 2. The van der Waals surface area contributed by atoms with Crippen molar-refractivity contribution in [2.75, 3.05) is 6.54 Å². The van der Waals surface area contributed by atoms with Gasteiger partial charge in [0.25, 0.3) is 0 Å². The molecular weight excluding hydrogens is 260 g/mol. The number of carbonyl (C=O) groups is 1. The minimum absolute atomic E-state index is 0.216. The first-order valence-electron chi connectivity index (χ1n) is 7.39. The molecule has 21 heavy (non-hydrogen) atoms. The predicted molar refractivity (Wildman–Crippen MR) is 86.6 cm³/mol. The summed E-state index contributed by atoms with van der Waals surface area (Å²) >= 11 is 0. The van der Waals surface area contributed by atoms with Gasteiger partial charge in [-0.2, -0.15) is 0 Å². The molecule has 110 valence electrons. The van der Waals surface area contributed by atoms with E-state index in [0.29, 0.717) is 6.42 Å². The number of nitrogens with two attached hydrogens (primary N) is 1. The normalized spacial score (nSPS) is 10.5. The molecule has 0 heterocycles. The summed E-state index contributed by atoms with van der Waals surface area (Å²) in [6.07, 6.45) is 2.31. The van der Waals surface area contributed by atoms with Crippen LogP contribution < -0.4 is 11.1 Å². The molecule has 3 heteroatoms.